The highest BCUT2D eigenvalue weighted by Gasteiger charge is 2.17. The third kappa shape index (κ3) is 1.90. The smallest absolute Gasteiger partial charge is 0.235 e. The molecule has 0 radical (unpaired) electrons. The molecule has 15 heavy (non-hydrogen) atoms. The van der Waals surface area contributed by atoms with Crippen molar-refractivity contribution < 1.29 is 13.9 Å². The van der Waals surface area contributed by atoms with Crippen LogP contribution in [-0.4, -0.2) is 12.7 Å². The molecule has 1 aromatic carbocycles. The molecule has 1 aliphatic heterocycles. The van der Waals surface area contributed by atoms with Gasteiger partial charge in [0.15, 0.2) is 0 Å². The molecule has 0 fully saturated rings. The van der Waals surface area contributed by atoms with Gasteiger partial charge in [0.1, 0.15) is 11.6 Å². The molecule has 3 nitrogen and oxygen atoms in total. The number of benzene rings is 1. The van der Waals surface area contributed by atoms with Gasteiger partial charge in [-0.3, -0.25) is 0 Å². The van der Waals surface area contributed by atoms with Crippen LogP contribution in [0.2, 0.25) is 0 Å². The fourth-order valence-electron chi connectivity index (χ4n) is 1.72. The number of aliphatic imine (C=N–C) groups is 1. The number of ether oxygens (including phenoxy) is 1. The minimum absolute atomic E-state index is 0.00148. The van der Waals surface area contributed by atoms with E-state index in [-0.39, 0.29) is 12.4 Å². The van der Waals surface area contributed by atoms with Crippen molar-refractivity contribution in [1.82, 2.24) is 0 Å². The maximum Gasteiger partial charge on any atom is 0.235 e. The number of nitrogens with zero attached hydrogens (tertiary/aromatic N) is 1. The van der Waals surface area contributed by atoms with E-state index in [2.05, 4.69) is 4.99 Å². The lowest BCUT2D eigenvalue weighted by Crippen LogP contribution is -2.11. The molecule has 0 unspecified atom stereocenters. The summed E-state index contributed by atoms with van der Waals surface area (Å²) < 4.78 is 18.8. The number of fused-ring (bicyclic) bond motifs is 1. The Labute approximate surface area is 86.6 Å². The van der Waals surface area contributed by atoms with E-state index >= 15 is 0 Å². The first-order valence-corrected chi connectivity index (χ1v) is 4.79. The van der Waals surface area contributed by atoms with E-state index in [0.717, 1.165) is 18.4 Å². The van der Waals surface area contributed by atoms with Gasteiger partial charge in [0.25, 0.3) is 0 Å². The van der Waals surface area contributed by atoms with Crippen LogP contribution in [0.5, 0.6) is 5.75 Å². The number of rotatable bonds is 2. The molecule has 0 saturated carbocycles. The van der Waals surface area contributed by atoms with E-state index in [0.29, 0.717) is 17.9 Å². The Morgan fingerprint density at radius 3 is 3.20 bits per heavy atom. The highest BCUT2D eigenvalue weighted by molar-refractivity contribution is 5.44. The van der Waals surface area contributed by atoms with E-state index in [4.69, 9.17) is 4.74 Å². The van der Waals surface area contributed by atoms with Gasteiger partial charge in [-0.1, -0.05) is 6.07 Å². The summed E-state index contributed by atoms with van der Waals surface area (Å²) in [5.74, 6) is 0.176. The van der Waals surface area contributed by atoms with Crippen molar-refractivity contribution >= 4 is 6.08 Å². The van der Waals surface area contributed by atoms with Crippen molar-refractivity contribution in [1.29, 1.82) is 0 Å². The zero-order valence-electron chi connectivity index (χ0n) is 8.12. The van der Waals surface area contributed by atoms with Gasteiger partial charge in [-0.2, -0.15) is 0 Å². The molecule has 0 saturated heterocycles. The number of carbonyl (C=O) groups excluding carboxylic acids is 1. The van der Waals surface area contributed by atoms with E-state index in [1.54, 1.807) is 6.07 Å². The first-order valence-electron chi connectivity index (χ1n) is 4.79. The third-order valence-electron chi connectivity index (χ3n) is 2.42. The van der Waals surface area contributed by atoms with Gasteiger partial charge in [-0.15, -0.1) is 0 Å². The van der Waals surface area contributed by atoms with Crippen LogP contribution in [0.25, 0.3) is 0 Å². The van der Waals surface area contributed by atoms with E-state index in [1.165, 1.54) is 12.1 Å². The van der Waals surface area contributed by atoms with Crippen molar-refractivity contribution in [2.45, 2.75) is 19.4 Å². The lowest BCUT2D eigenvalue weighted by atomic mass is 10.0. The topological polar surface area (TPSA) is 38.7 Å². The molecule has 0 amide bonds. The molecule has 1 heterocycles. The highest BCUT2D eigenvalue weighted by atomic mass is 19.1. The summed E-state index contributed by atoms with van der Waals surface area (Å²) in [7, 11) is 0. The summed E-state index contributed by atoms with van der Waals surface area (Å²) in [5, 5.41) is 0. The molecular weight excluding hydrogens is 197 g/mol. The second kappa shape index (κ2) is 4.24. The molecular formula is C11H10FNO2. The lowest BCUT2D eigenvalue weighted by Gasteiger charge is -2.19. The van der Waals surface area contributed by atoms with Crippen LogP contribution in [0.4, 0.5) is 4.39 Å². The molecule has 0 aromatic heterocycles. The molecule has 4 heteroatoms. The van der Waals surface area contributed by atoms with Gasteiger partial charge in [0.2, 0.25) is 6.08 Å². The van der Waals surface area contributed by atoms with Crippen LogP contribution in [0.3, 0.4) is 0 Å². The number of hydrogen-bond acceptors (Lipinski definition) is 3. The van der Waals surface area contributed by atoms with Gasteiger partial charge in [-0.25, -0.2) is 14.2 Å². The van der Waals surface area contributed by atoms with Crippen LogP contribution in [-0.2, 0) is 17.8 Å². The van der Waals surface area contributed by atoms with Crippen molar-refractivity contribution in [3.8, 4) is 5.75 Å². The molecule has 2 rings (SSSR count). The Morgan fingerprint density at radius 1 is 1.53 bits per heavy atom. The number of aryl methyl sites for hydroxylation is 1. The zero-order chi connectivity index (χ0) is 10.7. The summed E-state index contributed by atoms with van der Waals surface area (Å²) >= 11 is 0. The Hall–Kier alpha value is -1.67. The average molecular weight is 207 g/mol. The van der Waals surface area contributed by atoms with E-state index in [1.807, 2.05) is 0 Å². The number of halogens is 1. The van der Waals surface area contributed by atoms with Gasteiger partial charge >= 0.3 is 0 Å². The van der Waals surface area contributed by atoms with Crippen LogP contribution in [0, 0.1) is 5.82 Å². The van der Waals surface area contributed by atoms with Gasteiger partial charge in [0.05, 0.1) is 18.7 Å². The molecule has 1 aliphatic rings. The molecule has 0 spiro atoms. The number of hydrogen-bond donors (Lipinski definition) is 0. The summed E-state index contributed by atoms with van der Waals surface area (Å²) in [6.45, 7) is 0.590. The fourth-order valence-corrected chi connectivity index (χ4v) is 1.72. The largest absolute Gasteiger partial charge is 0.493 e. The predicted octanol–water partition coefficient (Wildman–Crippen LogP) is 1.99. The molecule has 0 N–H and O–H groups in total. The first kappa shape index (κ1) is 9.87. The maximum absolute atomic E-state index is 13.4. The summed E-state index contributed by atoms with van der Waals surface area (Å²) in [6.07, 6.45) is 3.22. The van der Waals surface area contributed by atoms with Crippen molar-refractivity contribution in [3.63, 3.8) is 0 Å². The Balaban J connectivity index is 2.44. The highest BCUT2D eigenvalue weighted by Crippen LogP contribution is 2.31. The fraction of sp³-hybridized carbons (Fsp3) is 0.364. The van der Waals surface area contributed by atoms with Gasteiger partial charge in [0, 0.05) is 0 Å². The monoisotopic (exact) mass is 207 g/mol. The quantitative estimate of drug-likeness (QED) is 0.549. The SMILES string of the molecule is O=C=NCc1c(F)ccc2c1OCCC2. The maximum atomic E-state index is 13.4. The van der Waals surface area contributed by atoms with Crippen LogP contribution in [0.1, 0.15) is 17.5 Å². The standard InChI is InChI=1S/C11H10FNO2/c12-10-4-3-8-2-1-5-15-11(8)9(10)6-13-7-14/h3-4H,1-2,5-6H2. The summed E-state index contributed by atoms with van der Waals surface area (Å²) in [5.41, 5.74) is 1.34. The zero-order valence-corrected chi connectivity index (χ0v) is 8.12. The van der Waals surface area contributed by atoms with Crippen LogP contribution in [0.15, 0.2) is 17.1 Å². The van der Waals surface area contributed by atoms with Crippen LogP contribution >= 0.6 is 0 Å². The molecule has 0 aliphatic carbocycles. The van der Waals surface area contributed by atoms with Crippen molar-refractivity contribution in [2.75, 3.05) is 6.61 Å². The van der Waals surface area contributed by atoms with Crippen molar-refractivity contribution in [3.05, 3.63) is 29.1 Å². The van der Waals surface area contributed by atoms with E-state index in [9.17, 15) is 9.18 Å². The second-order valence-electron chi connectivity index (χ2n) is 3.37. The first-order chi connectivity index (χ1) is 7.33. The minimum atomic E-state index is -0.380. The summed E-state index contributed by atoms with van der Waals surface area (Å²) in [4.78, 5) is 13.4. The Morgan fingerprint density at radius 2 is 2.40 bits per heavy atom. The molecule has 0 atom stereocenters. The van der Waals surface area contributed by atoms with Crippen molar-refractivity contribution in [2.24, 2.45) is 4.99 Å². The predicted molar refractivity (Wildman–Crippen MR) is 52.0 cm³/mol. The lowest BCUT2D eigenvalue weighted by molar-refractivity contribution is 0.283. The Bertz CT molecular complexity index is 425. The third-order valence-corrected chi connectivity index (χ3v) is 2.42. The molecule has 1 aromatic rings. The Kier molecular flexibility index (Phi) is 2.79. The van der Waals surface area contributed by atoms with Gasteiger partial charge < -0.3 is 4.74 Å². The normalized spacial score (nSPS) is 13.7. The average Bonchev–Trinajstić information content (AvgIpc) is 2.28. The summed E-state index contributed by atoms with van der Waals surface area (Å²) in [6, 6.07) is 3.11. The van der Waals surface area contributed by atoms with Crippen LogP contribution < -0.4 is 4.74 Å². The number of isocyanates is 1. The minimum Gasteiger partial charge on any atom is -0.493 e. The second-order valence-corrected chi connectivity index (χ2v) is 3.37. The van der Waals surface area contributed by atoms with E-state index < -0.39 is 0 Å². The molecule has 0 bridgehead atoms. The molecule has 78 valence electrons. The van der Waals surface area contributed by atoms with Gasteiger partial charge in [-0.05, 0) is 24.5 Å².